The van der Waals surface area contributed by atoms with Crippen LogP contribution in [0.15, 0.2) is 0 Å². The summed E-state index contributed by atoms with van der Waals surface area (Å²) in [6.07, 6.45) is 5.12. The number of aromatic nitrogens is 2. The van der Waals surface area contributed by atoms with Gasteiger partial charge in [-0.3, -0.25) is 14.8 Å². The molecule has 11 heteroatoms. The molecule has 34 heavy (non-hydrogen) atoms. The van der Waals surface area contributed by atoms with E-state index >= 15 is 4.39 Å². The molecule has 1 aliphatic carbocycles. The molecular weight excluding hydrogens is 463 g/mol. The topological polar surface area (TPSA) is 102 Å². The van der Waals surface area contributed by atoms with E-state index in [1.165, 1.54) is 0 Å². The first-order chi connectivity index (χ1) is 16.0. The van der Waals surface area contributed by atoms with Crippen LogP contribution in [0.5, 0.6) is 0 Å². The number of hydrogen-bond donors (Lipinski definition) is 2. The van der Waals surface area contributed by atoms with Crippen LogP contribution in [0.25, 0.3) is 0 Å². The van der Waals surface area contributed by atoms with E-state index < -0.39 is 11.7 Å². The Balaban J connectivity index is 1.73. The Morgan fingerprint density at radius 3 is 2.62 bits per heavy atom. The monoisotopic (exact) mass is 498 g/mol. The molecule has 0 radical (unpaired) electrons. The molecule has 1 aromatic heterocycles. The molecule has 0 bridgehead atoms. The summed E-state index contributed by atoms with van der Waals surface area (Å²) >= 11 is 6.13. The zero-order chi connectivity index (χ0) is 25.0. The van der Waals surface area contributed by atoms with Crippen LogP contribution < -0.4 is 10.2 Å². The Labute approximate surface area is 205 Å². The van der Waals surface area contributed by atoms with Crippen molar-refractivity contribution in [3.63, 3.8) is 0 Å². The zero-order valence-electron chi connectivity index (χ0n) is 20.4. The summed E-state index contributed by atoms with van der Waals surface area (Å²) in [7, 11) is 4.00. The summed E-state index contributed by atoms with van der Waals surface area (Å²) in [5.41, 5.74) is -0.0745. The van der Waals surface area contributed by atoms with Gasteiger partial charge < -0.3 is 15.1 Å². The van der Waals surface area contributed by atoms with E-state index in [0.29, 0.717) is 30.5 Å². The van der Waals surface area contributed by atoms with E-state index in [0.717, 1.165) is 25.7 Å². The van der Waals surface area contributed by atoms with Crippen LogP contribution in [-0.4, -0.2) is 77.2 Å². The maximum atomic E-state index is 15.4. The molecule has 2 heterocycles. The molecule has 1 saturated carbocycles. The van der Waals surface area contributed by atoms with E-state index in [9.17, 15) is 14.8 Å². The highest BCUT2D eigenvalue weighted by molar-refractivity contribution is 6.28. The van der Waals surface area contributed by atoms with Crippen molar-refractivity contribution in [2.24, 2.45) is 17.3 Å². The van der Waals surface area contributed by atoms with Crippen LogP contribution in [0.1, 0.15) is 51.6 Å². The van der Waals surface area contributed by atoms with Crippen LogP contribution in [0.4, 0.5) is 10.2 Å². The highest BCUT2D eigenvalue weighted by atomic mass is 35.5. The highest BCUT2D eigenvalue weighted by Crippen LogP contribution is 2.36. The number of rotatable bonds is 10. The number of halogens is 2. The molecule has 2 N–H and O–H groups in total. The molecule has 2 fully saturated rings. The fourth-order valence-electron chi connectivity index (χ4n) is 5.42. The van der Waals surface area contributed by atoms with Crippen molar-refractivity contribution in [3.05, 3.63) is 16.8 Å². The second kappa shape index (κ2) is 11.1. The average Bonchev–Trinajstić information content (AvgIpc) is 3.39. The average molecular weight is 499 g/mol. The molecule has 2 amide bonds. The van der Waals surface area contributed by atoms with Gasteiger partial charge in [-0.05, 0) is 43.5 Å². The number of carbonyl (C=O) groups excluding carboxylic acids is 2. The van der Waals surface area contributed by atoms with Crippen molar-refractivity contribution in [1.82, 2.24) is 25.2 Å². The molecule has 2 atom stereocenters. The van der Waals surface area contributed by atoms with Gasteiger partial charge in [-0.2, -0.15) is 4.98 Å². The summed E-state index contributed by atoms with van der Waals surface area (Å²) in [6, 6.07) is 0.208. The third-order valence-corrected chi connectivity index (χ3v) is 7.28. The predicted octanol–water partition coefficient (Wildman–Crippen LogP) is 2.71. The molecule has 1 aromatic rings. The van der Waals surface area contributed by atoms with Gasteiger partial charge in [-0.15, -0.1) is 0 Å². The van der Waals surface area contributed by atoms with E-state index in [-0.39, 0.29) is 53.7 Å². The summed E-state index contributed by atoms with van der Waals surface area (Å²) in [6.45, 7) is 5.19. The Bertz CT molecular complexity index is 881. The Morgan fingerprint density at radius 2 is 2.03 bits per heavy atom. The van der Waals surface area contributed by atoms with Gasteiger partial charge in [0.2, 0.25) is 17.6 Å². The molecule has 1 unspecified atom stereocenters. The number of nitrogens with one attached hydrogen (secondary N) is 1. The van der Waals surface area contributed by atoms with Crippen molar-refractivity contribution in [2.75, 3.05) is 38.6 Å². The van der Waals surface area contributed by atoms with Gasteiger partial charge in [0.25, 0.3) is 0 Å². The largest absolute Gasteiger partial charge is 0.352 e. The SMILES string of the molecule is CN(C)C1CN(c2nc(Cl)nc(CNC(=O)[C@H](CC3CCCC3)CN(O)C=O)c2F)CC1(C)C. The molecule has 0 aromatic carbocycles. The predicted molar refractivity (Wildman–Crippen MR) is 127 cm³/mol. The van der Waals surface area contributed by atoms with Crippen molar-refractivity contribution in [2.45, 2.75) is 58.5 Å². The van der Waals surface area contributed by atoms with E-state index in [2.05, 4.69) is 34.0 Å². The lowest BCUT2D eigenvalue weighted by molar-refractivity contribution is -0.155. The van der Waals surface area contributed by atoms with Gasteiger partial charge >= 0.3 is 0 Å². The van der Waals surface area contributed by atoms with Crippen LogP contribution in [0.3, 0.4) is 0 Å². The van der Waals surface area contributed by atoms with Gasteiger partial charge in [0.05, 0.1) is 19.0 Å². The number of amides is 2. The van der Waals surface area contributed by atoms with Crippen LogP contribution in [0.2, 0.25) is 5.28 Å². The second-order valence-electron chi connectivity index (χ2n) is 10.5. The third kappa shape index (κ3) is 6.34. The van der Waals surface area contributed by atoms with Crippen LogP contribution in [-0.2, 0) is 16.1 Å². The lowest BCUT2D eigenvalue weighted by atomic mass is 9.87. The van der Waals surface area contributed by atoms with Crippen molar-refractivity contribution in [1.29, 1.82) is 0 Å². The minimum Gasteiger partial charge on any atom is -0.352 e. The molecule has 0 spiro atoms. The van der Waals surface area contributed by atoms with Gasteiger partial charge in [0.15, 0.2) is 11.6 Å². The standard InChI is InChI=1S/C23H36ClFN6O3/c1-23(2)13-30(12-18(23)29(3)4)20-19(25)17(27-22(24)28-20)10-26-21(33)16(11-31(34)14-32)9-15-7-5-6-8-15/h14-16,18,34H,5-13H2,1-4H3,(H,26,33)/t16-,18?/m1/s1. The maximum absolute atomic E-state index is 15.4. The molecule has 2 aliphatic rings. The minimum atomic E-state index is -0.607. The number of hydrogen-bond acceptors (Lipinski definition) is 7. The fourth-order valence-corrected chi connectivity index (χ4v) is 5.60. The number of nitrogens with zero attached hydrogens (tertiary/aromatic N) is 5. The summed E-state index contributed by atoms with van der Waals surface area (Å²) < 4.78 is 15.4. The van der Waals surface area contributed by atoms with Crippen LogP contribution in [0, 0.1) is 23.1 Å². The Hall–Kier alpha value is -2.04. The molecule has 190 valence electrons. The maximum Gasteiger partial charge on any atom is 0.233 e. The first-order valence-corrected chi connectivity index (χ1v) is 12.2. The van der Waals surface area contributed by atoms with Crippen molar-refractivity contribution < 1.29 is 19.2 Å². The molecule has 1 saturated heterocycles. The summed E-state index contributed by atoms with van der Waals surface area (Å²) in [5.74, 6) is -1.07. The molecule has 3 rings (SSSR count). The minimum absolute atomic E-state index is 0.00492. The first-order valence-electron chi connectivity index (χ1n) is 11.8. The van der Waals surface area contributed by atoms with Crippen molar-refractivity contribution in [3.8, 4) is 0 Å². The number of carbonyl (C=O) groups is 2. The van der Waals surface area contributed by atoms with Crippen LogP contribution >= 0.6 is 11.6 Å². The Morgan fingerprint density at radius 1 is 1.35 bits per heavy atom. The van der Waals surface area contributed by atoms with Crippen molar-refractivity contribution >= 4 is 29.7 Å². The fraction of sp³-hybridized carbons (Fsp3) is 0.739. The van der Waals surface area contributed by atoms with Gasteiger partial charge in [0, 0.05) is 19.1 Å². The lowest BCUT2D eigenvalue weighted by Gasteiger charge is -2.30. The summed E-state index contributed by atoms with van der Waals surface area (Å²) in [4.78, 5) is 36.0. The first kappa shape index (κ1) is 26.6. The second-order valence-corrected chi connectivity index (χ2v) is 10.8. The highest BCUT2D eigenvalue weighted by Gasteiger charge is 2.42. The van der Waals surface area contributed by atoms with E-state index in [4.69, 9.17) is 11.6 Å². The van der Waals surface area contributed by atoms with E-state index in [1.807, 2.05) is 19.0 Å². The number of anilines is 1. The normalized spacial score (nSPS) is 21.2. The molecule has 9 nitrogen and oxygen atoms in total. The number of hydroxylamine groups is 2. The quantitative estimate of drug-likeness (QED) is 0.221. The summed E-state index contributed by atoms with van der Waals surface area (Å²) in [5, 5.41) is 12.8. The zero-order valence-corrected chi connectivity index (χ0v) is 21.2. The molecule has 1 aliphatic heterocycles. The van der Waals surface area contributed by atoms with Gasteiger partial charge in [-0.25, -0.2) is 14.4 Å². The number of likely N-dealkylation sites (N-methyl/N-ethyl adjacent to an activating group) is 1. The van der Waals surface area contributed by atoms with Gasteiger partial charge in [0.1, 0.15) is 5.69 Å². The lowest BCUT2D eigenvalue weighted by Crippen LogP contribution is -2.40. The Kier molecular flexibility index (Phi) is 8.70. The van der Waals surface area contributed by atoms with Gasteiger partial charge in [-0.1, -0.05) is 39.5 Å². The third-order valence-electron chi connectivity index (χ3n) is 7.11. The molecular formula is C23H36ClFN6O3. The van der Waals surface area contributed by atoms with E-state index in [1.54, 1.807) is 0 Å². The smallest absolute Gasteiger partial charge is 0.233 e.